The SMILES string of the molecule is Cc1ccc2c(ccc3sc(C)c(N)c32)n1. The molecule has 1 aromatic carbocycles. The summed E-state index contributed by atoms with van der Waals surface area (Å²) in [6.45, 7) is 4.07. The van der Waals surface area contributed by atoms with Crippen LogP contribution in [0.3, 0.4) is 0 Å². The topological polar surface area (TPSA) is 38.9 Å². The number of hydrogen-bond donors (Lipinski definition) is 1. The van der Waals surface area contributed by atoms with E-state index in [2.05, 4.69) is 30.1 Å². The first-order valence-corrected chi connectivity index (χ1v) is 6.03. The summed E-state index contributed by atoms with van der Waals surface area (Å²) in [7, 11) is 0. The second-order valence-corrected chi connectivity index (χ2v) is 5.29. The van der Waals surface area contributed by atoms with Crippen LogP contribution in [-0.4, -0.2) is 4.98 Å². The zero-order valence-corrected chi connectivity index (χ0v) is 10.1. The number of aryl methyl sites for hydroxylation is 2. The molecule has 80 valence electrons. The van der Waals surface area contributed by atoms with Gasteiger partial charge in [0.25, 0.3) is 0 Å². The van der Waals surface area contributed by atoms with E-state index in [0.717, 1.165) is 27.7 Å². The molecule has 0 atom stereocenters. The van der Waals surface area contributed by atoms with Gasteiger partial charge in [0, 0.05) is 26.0 Å². The van der Waals surface area contributed by atoms with E-state index in [1.165, 1.54) is 9.58 Å². The minimum Gasteiger partial charge on any atom is -0.397 e. The summed E-state index contributed by atoms with van der Waals surface area (Å²) in [5, 5.41) is 2.32. The Bertz CT molecular complexity index is 698. The van der Waals surface area contributed by atoms with Gasteiger partial charge in [0.2, 0.25) is 0 Å². The lowest BCUT2D eigenvalue weighted by atomic mass is 10.1. The number of fused-ring (bicyclic) bond motifs is 3. The Labute approximate surface area is 97.7 Å². The van der Waals surface area contributed by atoms with Gasteiger partial charge in [-0.2, -0.15) is 0 Å². The van der Waals surface area contributed by atoms with Crippen molar-refractivity contribution in [2.75, 3.05) is 5.73 Å². The molecule has 3 rings (SSSR count). The summed E-state index contributed by atoms with van der Waals surface area (Å²) in [5.74, 6) is 0. The van der Waals surface area contributed by atoms with Gasteiger partial charge in [-0.05, 0) is 32.0 Å². The van der Waals surface area contributed by atoms with Crippen molar-refractivity contribution in [3.8, 4) is 0 Å². The van der Waals surface area contributed by atoms with Crippen LogP contribution in [0.15, 0.2) is 24.3 Å². The fourth-order valence-corrected chi connectivity index (χ4v) is 3.04. The molecule has 0 saturated heterocycles. The molecular formula is C13H12N2S. The summed E-state index contributed by atoms with van der Waals surface area (Å²) >= 11 is 1.75. The van der Waals surface area contributed by atoms with Gasteiger partial charge in [-0.1, -0.05) is 6.07 Å². The molecule has 0 radical (unpaired) electrons. The van der Waals surface area contributed by atoms with Gasteiger partial charge < -0.3 is 5.73 Å². The minimum absolute atomic E-state index is 0.899. The van der Waals surface area contributed by atoms with Crippen LogP contribution >= 0.6 is 11.3 Å². The molecule has 0 saturated carbocycles. The van der Waals surface area contributed by atoms with Crippen molar-refractivity contribution in [2.45, 2.75) is 13.8 Å². The van der Waals surface area contributed by atoms with Gasteiger partial charge in [-0.3, -0.25) is 4.98 Å². The molecule has 0 bridgehead atoms. The number of rotatable bonds is 0. The fourth-order valence-electron chi connectivity index (χ4n) is 2.04. The lowest BCUT2D eigenvalue weighted by molar-refractivity contribution is 1.26. The van der Waals surface area contributed by atoms with E-state index in [-0.39, 0.29) is 0 Å². The predicted molar refractivity (Wildman–Crippen MR) is 71.0 cm³/mol. The second-order valence-electron chi connectivity index (χ2n) is 4.03. The molecule has 2 N–H and O–H groups in total. The van der Waals surface area contributed by atoms with Crippen LogP contribution in [-0.2, 0) is 0 Å². The highest BCUT2D eigenvalue weighted by Gasteiger charge is 2.09. The average molecular weight is 228 g/mol. The lowest BCUT2D eigenvalue weighted by Gasteiger charge is -2.01. The quantitative estimate of drug-likeness (QED) is 0.638. The van der Waals surface area contributed by atoms with Crippen LogP contribution in [0.2, 0.25) is 0 Å². The summed E-state index contributed by atoms with van der Waals surface area (Å²) in [6, 6.07) is 8.33. The molecule has 0 spiro atoms. The first-order chi connectivity index (χ1) is 7.66. The summed E-state index contributed by atoms with van der Waals surface area (Å²) < 4.78 is 1.24. The van der Waals surface area contributed by atoms with E-state index in [1.807, 2.05) is 13.0 Å². The van der Waals surface area contributed by atoms with Crippen molar-refractivity contribution in [1.29, 1.82) is 0 Å². The van der Waals surface area contributed by atoms with E-state index >= 15 is 0 Å². The minimum atomic E-state index is 0.899. The van der Waals surface area contributed by atoms with Gasteiger partial charge in [-0.15, -0.1) is 11.3 Å². The zero-order valence-electron chi connectivity index (χ0n) is 9.24. The van der Waals surface area contributed by atoms with Crippen LogP contribution < -0.4 is 5.73 Å². The monoisotopic (exact) mass is 228 g/mol. The van der Waals surface area contributed by atoms with Crippen molar-refractivity contribution in [3.05, 3.63) is 34.8 Å². The number of aromatic nitrogens is 1. The molecular weight excluding hydrogens is 216 g/mol. The average Bonchev–Trinajstić information content (AvgIpc) is 2.55. The van der Waals surface area contributed by atoms with Gasteiger partial charge in [0.1, 0.15) is 0 Å². The van der Waals surface area contributed by atoms with E-state index < -0.39 is 0 Å². The predicted octanol–water partition coefficient (Wildman–Crippen LogP) is 3.65. The standard InChI is InChI=1S/C13H12N2S/c1-7-3-4-9-10(15-7)5-6-11-12(9)13(14)8(2)16-11/h3-6H,14H2,1-2H3. The third kappa shape index (κ3) is 1.21. The van der Waals surface area contributed by atoms with Crippen LogP contribution in [0, 0.1) is 13.8 Å². The lowest BCUT2D eigenvalue weighted by Crippen LogP contribution is -1.87. The first kappa shape index (κ1) is 9.60. The van der Waals surface area contributed by atoms with Gasteiger partial charge in [-0.25, -0.2) is 0 Å². The van der Waals surface area contributed by atoms with Gasteiger partial charge in [0.15, 0.2) is 0 Å². The van der Waals surface area contributed by atoms with Crippen molar-refractivity contribution in [3.63, 3.8) is 0 Å². The highest BCUT2D eigenvalue weighted by atomic mass is 32.1. The number of nitrogens with two attached hydrogens (primary N) is 1. The number of benzene rings is 1. The Hall–Kier alpha value is -1.61. The number of nitrogen functional groups attached to an aromatic ring is 1. The highest BCUT2D eigenvalue weighted by molar-refractivity contribution is 7.19. The molecule has 16 heavy (non-hydrogen) atoms. The number of thiophene rings is 1. The van der Waals surface area contributed by atoms with Gasteiger partial charge >= 0.3 is 0 Å². The molecule has 2 heterocycles. The summed E-state index contributed by atoms with van der Waals surface area (Å²) in [6.07, 6.45) is 0. The van der Waals surface area contributed by atoms with E-state index in [4.69, 9.17) is 5.73 Å². The summed E-state index contributed by atoms with van der Waals surface area (Å²) in [4.78, 5) is 5.71. The maximum absolute atomic E-state index is 6.13. The van der Waals surface area contributed by atoms with Crippen molar-refractivity contribution in [1.82, 2.24) is 4.98 Å². The maximum atomic E-state index is 6.13. The molecule has 2 aromatic heterocycles. The van der Waals surface area contributed by atoms with Crippen molar-refractivity contribution >= 4 is 38.0 Å². The van der Waals surface area contributed by atoms with Crippen molar-refractivity contribution in [2.24, 2.45) is 0 Å². The Balaban J connectivity index is 2.57. The van der Waals surface area contributed by atoms with Crippen LogP contribution in [0.25, 0.3) is 21.0 Å². The van der Waals surface area contributed by atoms with Crippen LogP contribution in [0.4, 0.5) is 5.69 Å². The molecule has 0 fully saturated rings. The number of anilines is 1. The molecule has 3 heteroatoms. The second kappa shape index (κ2) is 3.19. The highest BCUT2D eigenvalue weighted by Crippen LogP contribution is 2.37. The van der Waals surface area contributed by atoms with E-state index in [9.17, 15) is 0 Å². The van der Waals surface area contributed by atoms with Crippen molar-refractivity contribution < 1.29 is 0 Å². The Kier molecular flexibility index (Phi) is 1.91. The number of pyridine rings is 1. The molecule has 0 amide bonds. The molecule has 2 nitrogen and oxygen atoms in total. The number of nitrogens with zero attached hydrogens (tertiary/aromatic N) is 1. The molecule has 0 unspecified atom stereocenters. The van der Waals surface area contributed by atoms with Crippen LogP contribution in [0.1, 0.15) is 10.6 Å². The Morgan fingerprint density at radius 1 is 1.12 bits per heavy atom. The zero-order chi connectivity index (χ0) is 11.3. The molecule has 0 aliphatic rings. The third-order valence-electron chi connectivity index (χ3n) is 2.88. The molecule has 0 aliphatic carbocycles. The molecule has 3 aromatic rings. The Morgan fingerprint density at radius 3 is 2.75 bits per heavy atom. The smallest absolute Gasteiger partial charge is 0.0712 e. The fraction of sp³-hybridized carbons (Fsp3) is 0.154. The molecule has 0 aliphatic heterocycles. The Morgan fingerprint density at radius 2 is 1.94 bits per heavy atom. The first-order valence-electron chi connectivity index (χ1n) is 5.22. The van der Waals surface area contributed by atoms with Crippen LogP contribution in [0.5, 0.6) is 0 Å². The maximum Gasteiger partial charge on any atom is 0.0712 e. The summed E-state index contributed by atoms with van der Waals surface area (Å²) in [5.41, 5.74) is 9.09. The third-order valence-corrected chi connectivity index (χ3v) is 3.97. The largest absolute Gasteiger partial charge is 0.397 e. The van der Waals surface area contributed by atoms with Gasteiger partial charge in [0.05, 0.1) is 11.2 Å². The van der Waals surface area contributed by atoms with E-state index in [1.54, 1.807) is 11.3 Å². The van der Waals surface area contributed by atoms with E-state index in [0.29, 0.717) is 0 Å². The normalized spacial score (nSPS) is 11.4. The number of hydrogen-bond acceptors (Lipinski definition) is 3.